The quantitative estimate of drug-likeness (QED) is 0.806. The van der Waals surface area contributed by atoms with Gasteiger partial charge >= 0.3 is 0 Å². The highest BCUT2D eigenvalue weighted by Crippen LogP contribution is 2.30. The van der Waals surface area contributed by atoms with E-state index < -0.39 is 0 Å². The summed E-state index contributed by atoms with van der Waals surface area (Å²) in [6, 6.07) is 8.70. The lowest BCUT2D eigenvalue weighted by Crippen LogP contribution is -2.11. The van der Waals surface area contributed by atoms with Crippen molar-refractivity contribution >= 4 is 11.3 Å². The Labute approximate surface area is 118 Å². The third-order valence-electron chi connectivity index (χ3n) is 3.16. The van der Waals surface area contributed by atoms with Gasteiger partial charge in [-0.2, -0.15) is 5.26 Å². The molecule has 0 saturated heterocycles. The average molecular weight is 270 g/mol. The molecule has 0 fully saturated rings. The molecule has 19 heavy (non-hydrogen) atoms. The van der Waals surface area contributed by atoms with Gasteiger partial charge in [-0.05, 0) is 29.5 Å². The summed E-state index contributed by atoms with van der Waals surface area (Å²) in [5, 5.41) is 11.7. The van der Waals surface area contributed by atoms with Crippen LogP contribution < -0.4 is 0 Å². The number of thiazole rings is 1. The van der Waals surface area contributed by atoms with Crippen molar-refractivity contribution in [2.45, 2.75) is 39.5 Å². The van der Waals surface area contributed by atoms with Crippen LogP contribution in [-0.2, 0) is 11.8 Å². The number of hydrogen-bond donors (Lipinski definition) is 0. The van der Waals surface area contributed by atoms with Crippen molar-refractivity contribution in [3.63, 3.8) is 0 Å². The van der Waals surface area contributed by atoms with E-state index in [4.69, 9.17) is 5.26 Å². The van der Waals surface area contributed by atoms with E-state index in [0.29, 0.717) is 6.42 Å². The van der Waals surface area contributed by atoms with Crippen LogP contribution in [-0.4, -0.2) is 4.98 Å². The molecule has 0 radical (unpaired) electrons. The van der Waals surface area contributed by atoms with Crippen molar-refractivity contribution in [2.75, 3.05) is 0 Å². The summed E-state index contributed by atoms with van der Waals surface area (Å²) in [6.07, 6.45) is 0.392. The second kappa shape index (κ2) is 5.14. The van der Waals surface area contributed by atoms with Crippen LogP contribution in [0.15, 0.2) is 23.6 Å². The number of hydrogen-bond acceptors (Lipinski definition) is 3. The summed E-state index contributed by atoms with van der Waals surface area (Å²) in [4.78, 5) is 4.55. The minimum Gasteiger partial charge on any atom is -0.240 e. The van der Waals surface area contributed by atoms with E-state index in [0.717, 1.165) is 10.7 Å². The minimum absolute atomic E-state index is 0.133. The van der Waals surface area contributed by atoms with Crippen molar-refractivity contribution in [3.8, 4) is 17.3 Å². The normalized spacial score (nSPS) is 11.3. The zero-order valence-corrected chi connectivity index (χ0v) is 12.6. The molecular formula is C16H18N2S. The Morgan fingerprint density at radius 2 is 2.05 bits per heavy atom. The van der Waals surface area contributed by atoms with E-state index in [1.807, 2.05) is 5.38 Å². The summed E-state index contributed by atoms with van der Waals surface area (Å²) in [6.45, 7) is 8.74. The lowest BCUT2D eigenvalue weighted by Gasteiger charge is -2.20. The Kier molecular flexibility index (Phi) is 3.73. The van der Waals surface area contributed by atoms with Crippen molar-refractivity contribution in [3.05, 3.63) is 39.7 Å². The second-order valence-corrected chi connectivity index (χ2v) is 6.68. The van der Waals surface area contributed by atoms with Crippen LogP contribution >= 0.6 is 11.3 Å². The summed E-state index contributed by atoms with van der Waals surface area (Å²) in [7, 11) is 0. The first-order valence-electron chi connectivity index (χ1n) is 6.34. The van der Waals surface area contributed by atoms with Gasteiger partial charge in [-0.25, -0.2) is 4.98 Å². The Morgan fingerprint density at radius 3 is 2.68 bits per heavy atom. The van der Waals surface area contributed by atoms with E-state index in [9.17, 15) is 0 Å². The smallest absolute Gasteiger partial charge is 0.107 e. The molecule has 3 heteroatoms. The predicted octanol–water partition coefficient (Wildman–Crippen LogP) is 4.48. The molecule has 0 unspecified atom stereocenters. The predicted molar refractivity (Wildman–Crippen MR) is 80.3 cm³/mol. The lowest BCUT2D eigenvalue weighted by atomic mass is 9.85. The van der Waals surface area contributed by atoms with Gasteiger partial charge in [0.2, 0.25) is 0 Å². The molecule has 2 nitrogen and oxygen atoms in total. The second-order valence-electron chi connectivity index (χ2n) is 5.74. The van der Waals surface area contributed by atoms with Gasteiger partial charge in [0.15, 0.2) is 0 Å². The molecule has 2 aromatic rings. The molecule has 0 aliphatic carbocycles. The van der Waals surface area contributed by atoms with Gasteiger partial charge in [0.1, 0.15) is 5.01 Å². The zero-order chi connectivity index (χ0) is 14.0. The van der Waals surface area contributed by atoms with Gasteiger partial charge in [-0.15, -0.1) is 11.3 Å². The maximum absolute atomic E-state index is 8.72. The molecule has 98 valence electrons. The molecule has 1 aromatic heterocycles. The topological polar surface area (TPSA) is 36.7 Å². The van der Waals surface area contributed by atoms with Gasteiger partial charge < -0.3 is 0 Å². The number of rotatable bonds is 2. The Bertz CT molecular complexity index is 627. The molecule has 0 bridgehead atoms. The number of nitrogens with zero attached hydrogens (tertiary/aromatic N) is 2. The van der Waals surface area contributed by atoms with Crippen LogP contribution in [0.2, 0.25) is 0 Å². The fraction of sp³-hybridized carbons (Fsp3) is 0.375. The van der Waals surface area contributed by atoms with Crippen molar-refractivity contribution in [2.24, 2.45) is 0 Å². The van der Waals surface area contributed by atoms with Crippen LogP contribution in [0, 0.1) is 18.3 Å². The highest BCUT2D eigenvalue weighted by Gasteiger charge is 2.16. The SMILES string of the molecule is Cc1ccc(C(C)(C)C)cc1-c1csc(CC#N)n1. The van der Waals surface area contributed by atoms with Crippen molar-refractivity contribution < 1.29 is 0 Å². The first kappa shape index (κ1) is 13.8. The molecule has 2 rings (SSSR count). The fourth-order valence-electron chi connectivity index (χ4n) is 1.95. The van der Waals surface area contributed by atoms with Gasteiger partial charge in [0, 0.05) is 10.9 Å². The molecule has 0 saturated carbocycles. The molecule has 0 spiro atoms. The molecule has 0 aliphatic rings. The van der Waals surface area contributed by atoms with Crippen LogP contribution in [0.5, 0.6) is 0 Å². The molecule has 0 atom stereocenters. The number of aromatic nitrogens is 1. The monoisotopic (exact) mass is 270 g/mol. The lowest BCUT2D eigenvalue weighted by molar-refractivity contribution is 0.590. The van der Waals surface area contributed by atoms with Crippen LogP contribution in [0.25, 0.3) is 11.3 Å². The Morgan fingerprint density at radius 1 is 1.32 bits per heavy atom. The molecular weight excluding hydrogens is 252 g/mol. The number of nitriles is 1. The number of benzene rings is 1. The Hall–Kier alpha value is -1.66. The van der Waals surface area contributed by atoms with Crippen molar-refractivity contribution in [1.29, 1.82) is 5.26 Å². The largest absolute Gasteiger partial charge is 0.240 e. The van der Waals surface area contributed by atoms with E-state index >= 15 is 0 Å². The van der Waals surface area contributed by atoms with E-state index in [1.54, 1.807) is 11.3 Å². The summed E-state index contributed by atoms with van der Waals surface area (Å²) < 4.78 is 0. The summed E-state index contributed by atoms with van der Waals surface area (Å²) in [5.41, 5.74) is 4.82. The van der Waals surface area contributed by atoms with Gasteiger partial charge in [0.05, 0.1) is 18.2 Å². The fourth-order valence-corrected chi connectivity index (χ4v) is 2.67. The summed E-state index contributed by atoms with van der Waals surface area (Å²) >= 11 is 1.56. The van der Waals surface area contributed by atoms with E-state index in [2.05, 4.69) is 56.9 Å². The van der Waals surface area contributed by atoms with Gasteiger partial charge in [-0.3, -0.25) is 0 Å². The summed E-state index contributed by atoms with van der Waals surface area (Å²) in [5.74, 6) is 0. The minimum atomic E-state index is 0.133. The third kappa shape index (κ3) is 3.02. The van der Waals surface area contributed by atoms with Gasteiger partial charge in [0.25, 0.3) is 0 Å². The van der Waals surface area contributed by atoms with Crippen LogP contribution in [0.3, 0.4) is 0 Å². The standard InChI is InChI=1S/C16H18N2S/c1-11-5-6-12(16(2,3)4)9-13(11)14-10-19-15(18-14)7-8-17/h5-6,9-10H,7H2,1-4H3. The molecule has 0 N–H and O–H groups in total. The van der Waals surface area contributed by atoms with Crippen molar-refractivity contribution in [1.82, 2.24) is 4.98 Å². The molecule has 0 aliphatic heterocycles. The first-order valence-corrected chi connectivity index (χ1v) is 7.22. The van der Waals surface area contributed by atoms with Crippen LogP contribution in [0.4, 0.5) is 0 Å². The van der Waals surface area contributed by atoms with E-state index in [1.165, 1.54) is 16.7 Å². The number of aryl methyl sites for hydroxylation is 1. The maximum Gasteiger partial charge on any atom is 0.107 e. The highest BCUT2D eigenvalue weighted by molar-refractivity contribution is 7.10. The first-order chi connectivity index (χ1) is 8.91. The zero-order valence-electron chi connectivity index (χ0n) is 11.8. The van der Waals surface area contributed by atoms with Crippen LogP contribution in [0.1, 0.15) is 36.9 Å². The molecule has 0 amide bonds. The van der Waals surface area contributed by atoms with Gasteiger partial charge in [-0.1, -0.05) is 32.9 Å². The Balaban J connectivity index is 2.46. The maximum atomic E-state index is 8.72. The molecule has 1 aromatic carbocycles. The average Bonchev–Trinajstić information content (AvgIpc) is 2.77. The molecule has 1 heterocycles. The highest BCUT2D eigenvalue weighted by atomic mass is 32.1. The van der Waals surface area contributed by atoms with E-state index in [-0.39, 0.29) is 5.41 Å². The third-order valence-corrected chi connectivity index (χ3v) is 4.01.